The highest BCUT2D eigenvalue weighted by molar-refractivity contribution is 7.99. The van der Waals surface area contributed by atoms with E-state index in [0.717, 1.165) is 53.6 Å². The predicted octanol–water partition coefficient (Wildman–Crippen LogP) is 3.28. The molecule has 1 amide bonds. The van der Waals surface area contributed by atoms with Crippen LogP contribution in [0.1, 0.15) is 36.7 Å². The number of nitrogens with zero attached hydrogens (tertiary/aromatic N) is 4. The molecule has 3 rings (SSSR count). The molecule has 1 aromatic heterocycles. The molecule has 7 nitrogen and oxygen atoms in total. The van der Waals surface area contributed by atoms with E-state index >= 15 is 0 Å². The summed E-state index contributed by atoms with van der Waals surface area (Å²) >= 11 is 0.927. The quantitative estimate of drug-likeness (QED) is 0.614. The van der Waals surface area contributed by atoms with Crippen LogP contribution in [-0.2, 0) is 18.0 Å². The Bertz CT molecular complexity index is 867. The van der Waals surface area contributed by atoms with Crippen molar-refractivity contribution >= 4 is 17.7 Å². The lowest BCUT2D eigenvalue weighted by atomic mass is 10.0. The summed E-state index contributed by atoms with van der Waals surface area (Å²) in [6, 6.07) is 7.81. The van der Waals surface area contributed by atoms with Crippen LogP contribution in [0.2, 0.25) is 0 Å². The van der Waals surface area contributed by atoms with Crippen LogP contribution in [0, 0.1) is 0 Å². The molecule has 1 saturated heterocycles. The molecule has 1 fully saturated rings. The van der Waals surface area contributed by atoms with Crippen molar-refractivity contribution in [3.63, 3.8) is 0 Å². The number of piperidine rings is 1. The van der Waals surface area contributed by atoms with Crippen LogP contribution < -0.4 is 10.1 Å². The molecule has 0 radical (unpaired) electrons. The zero-order valence-electron chi connectivity index (χ0n) is 17.5. The molecule has 1 aliphatic rings. The van der Waals surface area contributed by atoms with Gasteiger partial charge < -0.3 is 14.6 Å². The first-order valence-electron chi connectivity index (χ1n) is 10.0. The van der Waals surface area contributed by atoms with Gasteiger partial charge >= 0.3 is 6.18 Å². The number of rotatable bonds is 8. The Morgan fingerprint density at radius 2 is 1.87 bits per heavy atom. The van der Waals surface area contributed by atoms with Crippen LogP contribution in [0.15, 0.2) is 29.4 Å². The number of halogens is 3. The Kier molecular flexibility index (Phi) is 7.82. The van der Waals surface area contributed by atoms with Gasteiger partial charge in [0.25, 0.3) is 0 Å². The van der Waals surface area contributed by atoms with Gasteiger partial charge in [-0.25, -0.2) is 0 Å². The van der Waals surface area contributed by atoms with Gasteiger partial charge in [-0.15, -0.1) is 10.2 Å². The Labute approximate surface area is 183 Å². The van der Waals surface area contributed by atoms with Crippen molar-refractivity contribution in [3.8, 4) is 5.75 Å². The molecule has 170 valence electrons. The molecule has 0 aliphatic carbocycles. The topological polar surface area (TPSA) is 72.3 Å². The summed E-state index contributed by atoms with van der Waals surface area (Å²) in [6.07, 6.45) is -1.15. The summed E-state index contributed by atoms with van der Waals surface area (Å²) in [5.41, 5.74) is 1.08. The van der Waals surface area contributed by atoms with E-state index in [2.05, 4.69) is 20.4 Å². The number of methoxy groups -OCH3 is 1. The number of likely N-dealkylation sites (tertiary alicyclic amines) is 1. The monoisotopic (exact) mass is 457 g/mol. The third-order valence-electron chi connectivity index (χ3n) is 5.25. The molecular weight excluding hydrogens is 431 g/mol. The van der Waals surface area contributed by atoms with Gasteiger partial charge in [-0.2, -0.15) is 13.2 Å². The molecule has 1 atom stereocenters. The number of carbonyl (C=O) groups excluding carboxylic acids is 1. The van der Waals surface area contributed by atoms with Gasteiger partial charge in [-0.3, -0.25) is 9.69 Å². The minimum atomic E-state index is -4.58. The second-order valence-electron chi connectivity index (χ2n) is 7.34. The number of aromatic nitrogens is 3. The fraction of sp³-hybridized carbons (Fsp3) is 0.550. The summed E-state index contributed by atoms with van der Waals surface area (Å²) in [7, 11) is 2.85. The average molecular weight is 458 g/mol. The van der Waals surface area contributed by atoms with Crippen LogP contribution >= 0.6 is 11.8 Å². The van der Waals surface area contributed by atoms with Crippen molar-refractivity contribution in [3.05, 3.63) is 35.7 Å². The lowest BCUT2D eigenvalue weighted by Crippen LogP contribution is -2.41. The molecular formula is C20H26F3N5O2S. The minimum absolute atomic E-state index is 0.0202. The second-order valence-corrected chi connectivity index (χ2v) is 8.28. The summed E-state index contributed by atoms with van der Waals surface area (Å²) in [4.78, 5) is 14.8. The molecule has 0 spiro atoms. The molecule has 1 aliphatic heterocycles. The third kappa shape index (κ3) is 6.13. The fourth-order valence-electron chi connectivity index (χ4n) is 3.59. The van der Waals surface area contributed by atoms with Crippen LogP contribution in [-0.4, -0.2) is 58.1 Å². The van der Waals surface area contributed by atoms with E-state index < -0.39 is 12.0 Å². The highest BCUT2D eigenvalue weighted by atomic mass is 32.2. The summed E-state index contributed by atoms with van der Waals surface area (Å²) in [5.74, 6) is -0.625. The van der Waals surface area contributed by atoms with Crippen LogP contribution in [0.4, 0.5) is 13.2 Å². The van der Waals surface area contributed by atoms with E-state index in [0.29, 0.717) is 6.54 Å². The number of carbonyl (C=O) groups is 1. The zero-order chi connectivity index (χ0) is 22.4. The van der Waals surface area contributed by atoms with E-state index in [9.17, 15) is 18.0 Å². The number of benzene rings is 1. The summed E-state index contributed by atoms with van der Waals surface area (Å²) in [5, 5.41) is 9.68. The lowest BCUT2D eigenvalue weighted by Gasteiger charge is -2.35. The molecule has 2 heterocycles. The Morgan fingerprint density at radius 1 is 1.19 bits per heavy atom. The van der Waals surface area contributed by atoms with Crippen molar-refractivity contribution in [2.45, 2.75) is 36.6 Å². The van der Waals surface area contributed by atoms with Crippen molar-refractivity contribution in [2.75, 3.05) is 32.5 Å². The second kappa shape index (κ2) is 10.4. The van der Waals surface area contributed by atoms with Gasteiger partial charge in [-0.05, 0) is 43.6 Å². The van der Waals surface area contributed by atoms with Crippen LogP contribution in [0.25, 0.3) is 0 Å². The largest absolute Gasteiger partial charge is 0.497 e. The maximum atomic E-state index is 12.8. The van der Waals surface area contributed by atoms with E-state index in [1.807, 2.05) is 24.3 Å². The van der Waals surface area contributed by atoms with E-state index in [1.165, 1.54) is 13.5 Å². The number of hydrogen-bond acceptors (Lipinski definition) is 6. The average Bonchev–Trinajstić information content (AvgIpc) is 3.14. The first kappa shape index (κ1) is 23.4. The number of thioether (sulfide) groups is 1. The number of ether oxygens (including phenoxy) is 1. The first-order chi connectivity index (χ1) is 14.8. The Hall–Kier alpha value is -2.27. The van der Waals surface area contributed by atoms with Gasteiger partial charge in [-0.1, -0.05) is 30.3 Å². The van der Waals surface area contributed by atoms with Gasteiger partial charge in [0.1, 0.15) is 5.75 Å². The number of alkyl halides is 3. The highest BCUT2D eigenvalue weighted by Crippen LogP contribution is 2.30. The number of hydrogen-bond donors (Lipinski definition) is 1. The molecule has 11 heteroatoms. The van der Waals surface area contributed by atoms with Crippen molar-refractivity contribution in [1.82, 2.24) is 25.0 Å². The lowest BCUT2D eigenvalue weighted by molar-refractivity contribution is -0.147. The minimum Gasteiger partial charge on any atom is -0.497 e. The molecule has 1 aromatic carbocycles. The van der Waals surface area contributed by atoms with E-state index in [4.69, 9.17) is 4.74 Å². The van der Waals surface area contributed by atoms with Gasteiger partial charge in [0.2, 0.25) is 11.7 Å². The molecule has 2 aromatic rings. The first-order valence-corrected chi connectivity index (χ1v) is 11.0. The van der Waals surface area contributed by atoms with Crippen molar-refractivity contribution in [1.29, 1.82) is 0 Å². The number of amides is 1. The summed E-state index contributed by atoms with van der Waals surface area (Å²) < 4.78 is 44.6. The van der Waals surface area contributed by atoms with Gasteiger partial charge in [0.05, 0.1) is 18.9 Å². The zero-order valence-corrected chi connectivity index (χ0v) is 18.3. The van der Waals surface area contributed by atoms with Crippen LogP contribution in [0.3, 0.4) is 0 Å². The van der Waals surface area contributed by atoms with E-state index in [-0.39, 0.29) is 22.9 Å². The smallest absolute Gasteiger partial charge is 0.451 e. The maximum Gasteiger partial charge on any atom is 0.451 e. The maximum absolute atomic E-state index is 12.8. The fourth-order valence-corrected chi connectivity index (χ4v) is 4.33. The number of nitrogens with one attached hydrogen (secondary N) is 1. The standard InChI is InChI=1S/C20H26F3N5O2S/c1-27-18(20(21,22)23)25-26-19(27)31-13-17(29)24-12-16(28-10-4-3-5-11-28)14-6-8-15(30-2)9-7-14/h6-9,16H,3-5,10-13H2,1-2H3,(H,24,29). The molecule has 0 saturated carbocycles. The SMILES string of the molecule is COc1ccc(C(CNC(=O)CSc2nnc(C(F)(F)F)n2C)N2CCCCC2)cc1. The predicted molar refractivity (Wildman–Crippen MR) is 111 cm³/mol. The Morgan fingerprint density at radius 3 is 2.45 bits per heavy atom. The molecule has 1 unspecified atom stereocenters. The van der Waals surface area contributed by atoms with Crippen molar-refractivity contribution in [2.24, 2.45) is 7.05 Å². The molecule has 0 bridgehead atoms. The van der Waals surface area contributed by atoms with E-state index in [1.54, 1.807) is 7.11 Å². The Balaban J connectivity index is 1.60. The van der Waals surface area contributed by atoms with Gasteiger partial charge in [0.15, 0.2) is 5.16 Å². The van der Waals surface area contributed by atoms with Crippen molar-refractivity contribution < 1.29 is 22.7 Å². The third-order valence-corrected chi connectivity index (χ3v) is 6.27. The van der Waals surface area contributed by atoms with Gasteiger partial charge in [0, 0.05) is 13.6 Å². The summed E-state index contributed by atoms with van der Waals surface area (Å²) in [6.45, 7) is 2.33. The normalized spacial score (nSPS) is 16.2. The molecule has 31 heavy (non-hydrogen) atoms. The molecule has 1 N–H and O–H groups in total. The van der Waals surface area contributed by atoms with Crippen LogP contribution in [0.5, 0.6) is 5.75 Å². The highest BCUT2D eigenvalue weighted by Gasteiger charge is 2.37.